The molecule has 1 fully saturated rings. The monoisotopic (exact) mass is 341 g/mol. The highest BCUT2D eigenvalue weighted by Crippen LogP contribution is 2.16. The summed E-state index contributed by atoms with van der Waals surface area (Å²) >= 11 is 3.43. The zero-order chi connectivity index (χ0) is 14.5. The van der Waals surface area contributed by atoms with Crippen molar-refractivity contribution in [1.29, 1.82) is 0 Å². The molecule has 5 heteroatoms. The number of morpholine rings is 1. The van der Waals surface area contributed by atoms with Gasteiger partial charge >= 0.3 is 0 Å². The summed E-state index contributed by atoms with van der Waals surface area (Å²) in [6, 6.07) is 8.08. The molecule has 0 spiro atoms. The van der Waals surface area contributed by atoms with E-state index in [1.54, 1.807) is 0 Å². The van der Waals surface area contributed by atoms with Crippen molar-refractivity contribution in [2.24, 2.45) is 0 Å². The van der Waals surface area contributed by atoms with E-state index in [0.29, 0.717) is 19.6 Å². The molecule has 2 unspecified atom stereocenters. The molecule has 1 amide bonds. The standard InChI is InChI=1S/C15H20BrNO3/c1-11-10-20-14(9-18)8-17(11)15(19)6-5-12-3-2-4-13(16)7-12/h2-4,7,11,14,18H,5-6,8-10H2,1H3. The fraction of sp³-hybridized carbons (Fsp3) is 0.533. The molecule has 1 heterocycles. The fourth-order valence-corrected chi connectivity index (χ4v) is 2.81. The molecule has 1 aromatic carbocycles. The summed E-state index contributed by atoms with van der Waals surface area (Å²) in [6.45, 7) is 2.91. The Hall–Kier alpha value is -0.910. The Labute approximate surface area is 127 Å². The number of hydrogen-bond donors (Lipinski definition) is 1. The van der Waals surface area contributed by atoms with Crippen molar-refractivity contribution in [2.45, 2.75) is 31.9 Å². The molecule has 0 aromatic heterocycles. The van der Waals surface area contributed by atoms with E-state index in [9.17, 15) is 4.79 Å². The van der Waals surface area contributed by atoms with Gasteiger partial charge in [-0.25, -0.2) is 0 Å². The third-order valence-corrected chi connectivity index (χ3v) is 4.04. The van der Waals surface area contributed by atoms with E-state index >= 15 is 0 Å². The number of aryl methyl sites for hydroxylation is 1. The maximum atomic E-state index is 12.3. The second-order valence-corrected chi connectivity index (χ2v) is 6.08. The van der Waals surface area contributed by atoms with Crippen LogP contribution in [0.15, 0.2) is 28.7 Å². The summed E-state index contributed by atoms with van der Waals surface area (Å²) < 4.78 is 6.48. The van der Waals surface area contributed by atoms with Gasteiger partial charge in [0.25, 0.3) is 0 Å². The normalized spacial score (nSPS) is 22.9. The molecule has 110 valence electrons. The number of nitrogens with zero attached hydrogens (tertiary/aromatic N) is 1. The minimum absolute atomic E-state index is 0.0396. The van der Waals surface area contributed by atoms with Gasteiger partial charge in [0.15, 0.2) is 0 Å². The highest BCUT2D eigenvalue weighted by molar-refractivity contribution is 9.10. The van der Waals surface area contributed by atoms with E-state index in [-0.39, 0.29) is 24.7 Å². The Balaban J connectivity index is 1.90. The van der Waals surface area contributed by atoms with Crippen LogP contribution in [0.4, 0.5) is 0 Å². The van der Waals surface area contributed by atoms with E-state index in [1.807, 2.05) is 36.1 Å². The van der Waals surface area contributed by atoms with Crippen LogP contribution in [0.1, 0.15) is 18.9 Å². The molecular formula is C15H20BrNO3. The number of amides is 1. The zero-order valence-corrected chi connectivity index (χ0v) is 13.2. The maximum Gasteiger partial charge on any atom is 0.223 e. The van der Waals surface area contributed by atoms with E-state index in [4.69, 9.17) is 9.84 Å². The first-order chi connectivity index (χ1) is 9.60. The van der Waals surface area contributed by atoms with Crippen molar-refractivity contribution in [1.82, 2.24) is 4.90 Å². The molecule has 1 aliphatic rings. The van der Waals surface area contributed by atoms with Crippen LogP contribution in [-0.2, 0) is 16.0 Å². The number of ether oxygens (including phenoxy) is 1. The minimum atomic E-state index is -0.249. The van der Waals surface area contributed by atoms with Crippen LogP contribution in [-0.4, -0.2) is 47.8 Å². The van der Waals surface area contributed by atoms with Crippen molar-refractivity contribution in [3.05, 3.63) is 34.3 Å². The molecule has 20 heavy (non-hydrogen) atoms. The topological polar surface area (TPSA) is 49.8 Å². The molecule has 0 bridgehead atoms. The van der Waals surface area contributed by atoms with Gasteiger partial charge in [-0.2, -0.15) is 0 Å². The number of carbonyl (C=O) groups is 1. The Bertz CT molecular complexity index is 466. The molecule has 1 N–H and O–H groups in total. The third-order valence-electron chi connectivity index (χ3n) is 3.55. The fourth-order valence-electron chi connectivity index (χ4n) is 2.36. The number of aliphatic hydroxyl groups excluding tert-OH is 1. The van der Waals surface area contributed by atoms with Gasteiger partial charge in [-0.1, -0.05) is 28.1 Å². The molecule has 0 aliphatic carbocycles. The van der Waals surface area contributed by atoms with Gasteiger partial charge in [0.2, 0.25) is 5.91 Å². The number of halogens is 1. The summed E-state index contributed by atoms with van der Waals surface area (Å²) in [6.07, 6.45) is 0.964. The first-order valence-corrected chi connectivity index (χ1v) is 7.66. The molecule has 1 saturated heterocycles. The van der Waals surface area contributed by atoms with Crippen LogP contribution in [0.25, 0.3) is 0 Å². The quantitative estimate of drug-likeness (QED) is 0.911. The van der Waals surface area contributed by atoms with Gasteiger partial charge in [-0.15, -0.1) is 0 Å². The van der Waals surface area contributed by atoms with Crippen molar-refractivity contribution in [3.8, 4) is 0 Å². The summed E-state index contributed by atoms with van der Waals surface area (Å²) in [5.74, 6) is 0.124. The van der Waals surface area contributed by atoms with Gasteiger partial charge in [0.05, 0.1) is 25.4 Å². The molecule has 2 atom stereocenters. The van der Waals surface area contributed by atoms with Gasteiger partial charge in [0.1, 0.15) is 0 Å². The zero-order valence-electron chi connectivity index (χ0n) is 11.6. The molecule has 0 radical (unpaired) electrons. The number of hydrogen-bond acceptors (Lipinski definition) is 3. The first-order valence-electron chi connectivity index (χ1n) is 6.86. The SMILES string of the molecule is CC1COC(CO)CN1C(=O)CCc1cccc(Br)c1. The predicted molar refractivity (Wildman–Crippen MR) is 80.5 cm³/mol. The van der Waals surface area contributed by atoms with E-state index in [2.05, 4.69) is 15.9 Å². The lowest BCUT2D eigenvalue weighted by molar-refractivity contribution is -0.146. The first kappa shape index (κ1) is 15.5. The highest BCUT2D eigenvalue weighted by Gasteiger charge is 2.28. The molecule has 2 rings (SSSR count). The van der Waals surface area contributed by atoms with Crippen molar-refractivity contribution >= 4 is 21.8 Å². The Morgan fingerprint density at radius 2 is 2.35 bits per heavy atom. The third kappa shape index (κ3) is 4.04. The average Bonchev–Trinajstić information content (AvgIpc) is 2.45. The van der Waals surface area contributed by atoms with Gasteiger partial charge in [-0.05, 0) is 31.0 Å². The maximum absolute atomic E-state index is 12.3. The summed E-state index contributed by atoms with van der Waals surface area (Å²) in [7, 11) is 0. The second-order valence-electron chi connectivity index (χ2n) is 5.16. The van der Waals surface area contributed by atoms with Crippen molar-refractivity contribution in [3.63, 3.8) is 0 Å². The Morgan fingerprint density at radius 3 is 3.05 bits per heavy atom. The van der Waals surface area contributed by atoms with E-state index < -0.39 is 0 Å². The predicted octanol–water partition coefficient (Wildman–Crippen LogP) is 1.99. The minimum Gasteiger partial charge on any atom is -0.394 e. The van der Waals surface area contributed by atoms with Crippen LogP contribution in [0, 0.1) is 0 Å². The molecule has 0 saturated carbocycles. The van der Waals surface area contributed by atoms with Gasteiger partial charge in [-0.3, -0.25) is 4.79 Å². The molecule has 1 aromatic rings. The summed E-state index contributed by atoms with van der Waals surface area (Å²) in [5.41, 5.74) is 1.15. The number of aliphatic hydroxyl groups is 1. The largest absolute Gasteiger partial charge is 0.394 e. The molecule has 1 aliphatic heterocycles. The Kier molecular flexibility index (Phi) is 5.57. The summed E-state index contributed by atoms with van der Waals surface area (Å²) in [5, 5.41) is 9.15. The lowest BCUT2D eigenvalue weighted by atomic mass is 10.1. The van der Waals surface area contributed by atoms with Crippen LogP contribution in [0.2, 0.25) is 0 Å². The lowest BCUT2D eigenvalue weighted by Crippen LogP contribution is -2.52. The smallest absolute Gasteiger partial charge is 0.223 e. The van der Waals surface area contributed by atoms with Gasteiger partial charge in [0, 0.05) is 17.4 Å². The van der Waals surface area contributed by atoms with E-state index in [0.717, 1.165) is 16.5 Å². The van der Waals surface area contributed by atoms with E-state index in [1.165, 1.54) is 0 Å². The number of rotatable bonds is 4. The number of carbonyl (C=O) groups excluding carboxylic acids is 1. The lowest BCUT2D eigenvalue weighted by Gasteiger charge is -2.37. The summed E-state index contributed by atoms with van der Waals surface area (Å²) in [4.78, 5) is 14.1. The highest BCUT2D eigenvalue weighted by atomic mass is 79.9. The van der Waals surface area contributed by atoms with Crippen LogP contribution >= 0.6 is 15.9 Å². The van der Waals surface area contributed by atoms with Crippen molar-refractivity contribution in [2.75, 3.05) is 19.8 Å². The van der Waals surface area contributed by atoms with Crippen LogP contribution in [0.3, 0.4) is 0 Å². The average molecular weight is 342 g/mol. The second kappa shape index (κ2) is 7.20. The van der Waals surface area contributed by atoms with Crippen molar-refractivity contribution < 1.29 is 14.6 Å². The Morgan fingerprint density at radius 1 is 1.55 bits per heavy atom. The molecule has 4 nitrogen and oxygen atoms in total. The van der Waals surface area contributed by atoms with Crippen LogP contribution in [0.5, 0.6) is 0 Å². The van der Waals surface area contributed by atoms with Crippen LogP contribution < -0.4 is 0 Å². The number of benzene rings is 1. The van der Waals surface area contributed by atoms with Gasteiger partial charge < -0.3 is 14.7 Å². The molecular weight excluding hydrogens is 322 g/mol.